The van der Waals surface area contributed by atoms with Crippen LogP contribution in [0, 0.1) is 12.7 Å². The number of aromatic nitrogens is 2. The van der Waals surface area contributed by atoms with E-state index in [1.807, 2.05) is 6.07 Å². The molecule has 1 N–H and O–H groups in total. The van der Waals surface area contributed by atoms with Gasteiger partial charge in [0.1, 0.15) is 29.0 Å². The smallest absolute Gasteiger partial charge is 0.321 e. The Labute approximate surface area is 260 Å². The Morgan fingerprint density at radius 2 is 1.76 bits per heavy atom. The molecule has 45 heavy (non-hydrogen) atoms. The standard InChI is InChI=1S/C30H31F5N6O3S/c1-18-2-4-20(13-22(18)31)29(26-36-17-37-45-26)6-9-40(16-29)27(42)38-23-12-19(25(32)33)3-5-24(23)44-21-14-41(15-21)28(43)39-10-7-30(34,35)8-11-39/h2-5,12-13,17,21,25H,6-11,14-16H2,1H3,(H,38,42). The van der Waals surface area contributed by atoms with Crippen LogP contribution in [0.1, 0.15) is 47.4 Å². The van der Waals surface area contributed by atoms with Gasteiger partial charge in [0.25, 0.3) is 12.3 Å². The van der Waals surface area contributed by atoms with Gasteiger partial charge in [0.2, 0.25) is 0 Å². The lowest BCUT2D eigenvalue weighted by Gasteiger charge is -2.43. The number of hydrogen-bond acceptors (Lipinski definition) is 6. The van der Waals surface area contributed by atoms with Crippen LogP contribution in [-0.2, 0) is 5.41 Å². The highest BCUT2D eigenvalue weighted by molar-refractivity contribution is 7.05. The summed E-state index contributed by atoms with van der Waals surface area (Å²) in [6.07, 6.45) is -2.19. The Kier molecular flexibility index (Phi) is 8.31. The lowest BCUT2D eigenvalue weighted by atomic mass is 9.80. The molecule has 2 aromatic carbocycles. The second kappa shape index (κ2) is 12.1. The van der Waals surface area contributed by atoms with E-state index in [1.54, 1.807) is 13.0 Å². The zero-order valence-corrected chi connectivity index (χ0v) is 25.1. The number of carbonyl (C=O) groups excluding carboxylic acids is 2. The number of rotatable bonds is 6. The third-order valence-corrected chi connectivity index (χ3v) is 9.60. The number of likely N-dealkylation sites (tertiary alicyclic amines) is 3. The molecule has 3 aromatic rings. The molecule has 0 spiro atoms. The van der Waals surface area contributed by atoms with Crippen LogP contribution in [0.5, 0.6) is 5.75 Å². The Bertz CT molecular complexity index is 1560. The van der Waals surface area contributed by atoms with E-state index in [1.165, 1.54) is 50.8 Å². The SMILES string of the molecule is Cc1ccc(C2(c3ncns3)CCN(C(=O)Nc3cc(C(F)F)ccc3OC3CN(C(=O)N4CCC(F)(F)CC4)C3)C2)cc1F. The van der Waals surface area contributed by atoms with E-state index in [2.05, 4.69) is 14.7 Å². The molecule has 3 fully saturated rings. The largest absolute Gasteiger partial charge is 0.485 e. The van der Waals surface area contributed by atoms with Gasteiger partial charge in [-0.25, -0.2) is 36.5 Å². The molecule has 6 rings (SSSR count). The number of amides is 4. The third-order valence-electron chi connectivity index (χ3n) is 8.73. The Morgan fingerprint density at radius 3 is 2.42 bits per heavy atom. The molecular weight excluding hydrogens is 619 g/mol. The minimum Gasteiger partial charge on any atom is -0.485 e. The van der Waals surface area contributed by atoms with Gasteiger partial charge in [-0.05, 0) is 60.3 Å². The van der Waals surface area contributed by atoms with E-state index in [-0.39, 0.29) is 81.0 Å². The van der Waals surface area contributed by atoms with Gasteiger partial charge in [-0.1, -0.05) is 12.1 Å². The van der Waals surface area contributed by atoms with E-state index in [4.69, 9.17) is 4.74 Å². The first kappa shape index (κ1) is 31.0. The molecule has 0 aliphatic carbocycles. The molecule has 0 bridgehead atoms. The molecule has 1 aromatic heterocycles. The highest BCUT2D eigenvalue weighted by Crippen LogP contribution is 2.42. The van der Waals surface area contributed by atoms with Crippen LogP contribution in [0.2, 0.25) is 0 Å². The van der Waals surface area contributed by atoms with Crippen molar-refractivity contribution in [3.05, 3.63) is 70.2 Å². The van der Waals surface area contributed by atoms with Gasteiger partial charge in [0.15, 0.2) is 0 Å². The number of hydrogen-bond donors (Lipinski definition) is 1. The molecule has 0 saturated carbocycles. The molecule has 3 aliphatic heterocycles. The number of piperidine rings is 1. The first-order valence-corrected chi connectivity index (χ1v) is 15.3. The number of anilines is 1. The van der Waals surface area contributed by atoms with Gasteiger partial charge in [0.05, 0.1) is 24.2 Å². The average Bonchev–Trinajstić information content (AvgIpc) is 3.68. The first-order chi connectivity index (χ1) is 21.4. The van der Waals surface area contributed by atoms with E-state index in [0.29, 0.717) is 22.6 Å². The maximum atomic E-state index is 14.6. The normalized spacial score (nSPS) is 21.6. The van der Waals surface area contributed by atoms with Crippen LogP contribution in [-0.4, -0.2) is 87.4 Å². The first-order valence-electron chi connectivity index (χ1n) is 14.5. The number of halogens is 5. The summed E-state index contributed by atoms with van der Waals surface area (Å²) in [7, 11) is 0. The number of aryl methyl sites for hydroxylation is 1. The molecule has 15 heteroatoms. The maximum absolute atomic E-state index is 14.6. The molecule has 0 radical (unpaired) electrons. The average molecular weight is 651 g/mol. The van der Waals surface area contributed by atoms with Gasteiger partial charge in [-0.15, -0.1) is 0 Å². The summed E-state index contributed by atoms with van der Waals surface area (Å²) in [4.78, 5) is 35.0. The quantitative estimate of drug-likeness (QED) is 0.328. The lowest BCUT2D eigenvalue weighted by Crippen LogP contribution is -2.60. The Hall–Kier alpha value is -4.01. The van der Waals surface area contributed by atoms with E-state index in [0.717, 1.165) is 6.07 Å². The number of benzene rings is 2. The van der Waals surface area contributed by atoms with Crippen LogP contribution in [0.3, 0.4) is 0 Å². The summed E-state index contributed by atoms with van der Waals surface area (Å²) in [5.41, 5.74) is 0.0630. The van der Waals surface area contributed by atoms with Crippen molar-refractivity contribution in [2.75, 3.05) is 44.6 Å². The molecule has 240 valence electrons. The van der Waals surface area contributed by atoms with Gasteiger partial charge in [-0.3, -0.25) is 0 Å². The summed E-state index contributed by atoms with van der Waals surface area (Å²) in [5, 5.41) is 3.34. The van der Waals surface area contributed by atoms with Crippen molar-refractivity contribution in [3.8, 4) is 5.75 Å². The van der Waals surface area contributed by atoms with Crippen molar-refractivity contribution in [2.45, 2.75) is 50.1 Å². The second-order valence-corrected chi connectivity index (χ2v) is 12.5. The zero-order chi connectivity index (χ0) is 31.9. The van der Waals surface area contributed by atoms with Gasteiger partial charge < -0.3 is 24.8 Å². The molecule has 4 heterocycles. The van der Waals surface area contributed by atoms with Crippen molar-refractivity contribution in [1.29, 1.82) is 0 Å². The van der Waals surface area contributed by atoms with Crippen LogP contribution in [0.4, 0.5) is 37.2 Å². The van der Waals surface area contributed by atoms with Crippen LogP contribution < -0.4 is 10.1 Å². The number of alkyl halides is 4. The number of ether oxygens (including phenoxy) is 1. The minimum absolute atomic E-state index is 0.0329. The maximum Gasteiger partial charge on any atom is 0.321 e. The third kappa shape index (κ3) is 6.26. The summed E-state index contributed by atoms with van der Waals surface area (Å²) < 4.78 is 79.0. The van der Waals surface area contributed by atoms with Crippen LogP contribution in [0.25, 0.3) is 0 Å². The fourth-order valence-electron chi connectivity index (χ4n) is 5.94. The summed E-state index contributed by atoms with van der Waals surface area (Å²) in [5.74, 6) is -2.99. The van der Waals surface area contributed by atoms with Crippen molar-refractivity contribution in [3.63, 3.8) is 0 Å². The monoisotopic (exact) mass is 650 g/mol. The Morgan fingerprint density at radius 1 is 1.02 bits per heavy atom. The Balaban J connectivity index is 1.15. The molecular formula is C30H31F5N6O3S. The second-order valence-electron chi connectivity index (χ2n) is 11.7. The molecule has 3 saturated heterocycles. The number of nitrogens with zero attached hydrogens (tertiary/aromatic N) is 5. The van der Waals surface area contributed by atoms with Gasteiger partial charge in [0, 0.05) is 44.6 Å². The fraction of sp³-hybridized carbons (Fsp3) is 0.467. The summed E-state index contributed by atoms with van der Waals surface area (Å²) in [6, 6.07) is 7.72. The number of carbonyl (C=O) groups is 2. The van der Waals surface area contributed by atoms with Gasteiger partial charge in [-0.2, -0.15) is 4.37 Å². The van der Waals surface area contributed by atoms with Crippen molar-refractivity contribution in [2.24, 2.45) is 0 Å². The molecule has 4 amide bonds. The minimum atomic E-state index is -2.79. The lowest BCUT2D eigenvalue weighted by molar-refractivity contribution is -0.0533. The number of nitrogens with one attached hydrogen (secondary N) is 1. The zero-order valence-electron chi connectivity index (χ0n) is 24.3. The summed E-state index contributed by atoms with van der Waals surface area (Å²) in [6.45, 7) is 2.40. The van der Waals surface area contributed by atoms with Gasteiger partial charge >= 0.3 is 12.1 Å². The van der Waals surface area contributed by atoms with E-state index >= 15 is 0 Å². The predicted molar refractivity (Wildman–Crippen MR) is 156 cm³/mol. The number of urea groups is 2. The molecule has 1 unspecified atom stereocenters. The van der Waals surface area contributed by atoms with Crippen LogP contribution >= 0.6 is 11.5 Å². The molecule has 9 nitrogen and oxygen atoms in total. The topological polar surface area (TPSA) is 90.9 Å². The van der Waals surface area contributed by atoms with Crippen LogP contribution in [0.15, 0.2) is 42.7 Å². The molecule has 1 atom stereocenters. The van der Waals surface area contributed by atoms with Crippen molar-refractivity contribution >= 4 is 29.3 Å². The van der Waals surface area contributed by atoms with Crippen molar-refractivity contribution < 1.29 is 36.3 Å². The predicted octanol–water partition coefficient (Wildman–Crippen LogP) is 6.06. The van der Waals surface area contributed by atoms with E-state index in [9.17, 15) is 31.5 Å². The van der Waals surface area contributed by atoms with Crippen molar-refractivity contribution in [1.82, 2.24) is 24.1 Å². The van der Waals surface area contributed by atoms with E-state index < -0.39 is 29.9 Å². The highest BCUT2D eigenvalue weighted by atomic mass is 32.1. The molecule has 3 aliphatic rings. The highest BCUT2D eigenvalue weighted by Gasteiger charge is 2.46. The summed E-state index contributed by atoms with van der Waals surface area (Å²) >= 11 is 1.17. The fourth-order valence-corrected chi connectivity index (χ4v) is 6.69.